The molecule has 3 heterocycles. The van der Waals surface area contributed by atoms with Crippen LogP contribution in [0.3, 0.4) is 0 Å². The molecule has 1 aliphatic heterocycles. The number of morpholine rings is 1. The number of fused-ring (bicyclic) bond motifs is 1. The summed E-state index contributed by atoms with van der Waals surface area (Å²) in [6, 6.07) is 9.72. The molecule has 0 amide bonds. The second-order valence-corrected chi connectivity index (χ2v) is 11.2. The third kappa shape index (κ3) is 5.43. The van der Waals surface area contributed by atoms with Gasteiger partial charge in [-0.3, -0.25) is 4.90 Å². The summed E-state index contributed by atoms with van der Waals surface area (Å²) < 4.78 is 7.85. The Morgan fingerprint density at radius 3 is 2.53 bits per heavy atom. The largest absolute Gasteiger partial charge is 0.393 e. The molecule has 0 bridgehead atoms. The average Bonchev–Trinajstić information content (AvgIpc) is 3.63. The van der Waals surface area contributed by atoms with E-state index in [1.807, 2.05) is 6.20 Å². The highest BCUT2D eigenvalue weighted by molar-refractivity contribution is 5.94. The standard InChI is InChI=1S/C29H39N5O2/c1-20(16-21-2-3-21)31-29-30-17-26-27(19-34(28(26)32-29)24-8-10-25(35)11-9-24)23-6-4-22(5-7-23)18-33-12-14-36-15-13-33/h4-7,17,19-21,24-25,35H,2-3,8-16,18H2,1H3,(H,30,31,32)/t20-,24-,25-/m0/s1. The summed E-state index contributed by atoms with van der Waals surface area (Å²) in [7, 11) is 0. The number of nitrogens with zero attached hydrogens (tertiary/aromatic N) is 4. The zero-order valence-corrected chi connectivity index (χ0v) is 21.4. The fraction of sp³-hybridized carbons (Fsp3) is 0.586. The van der Waals surface area contributed by atoms with Gasteiger partial charge in [0.1, 0.15) is 5.65 Å². The summed E-state index contributed by atoms with van der Waals surface area (Å²) in [5.74, 6) is 1.59. The summed E-state index contributed by atoms with van der Waals surface area (Å²) in [6.45, 7) is 6.85. The summed E-state index contributed by atoms with van der Waals surface area (Å²) in [5, 5.41) is 14.7. The molecule has 2 saturated carbocycles. The van der Waals surface area contributed by atoms with Crippen molar-refractivity contribution < 1.29 is 9.84 Å². The maximum Gasteiger partial charge on any atom is 0.224 e. The SMILES string of the molecule is C[C@@H](CC1CC1)Nc1ncc2c(-c3ccc(CN4CCOCC4)cc3)cn([C@H]3CC[C@H](O)CC3)c2n1. The average molecular weight is 490 g/mol. The van der Waals surface area contributed by atoms with E-state index in [1.165, 1.54) is 36.0 Å². The van der Waals surface area contributed by atoms with Gasteiger partial charge in [-0.2, -0.15) is 4.98 Å². The van der Waals surface area contributed by atoms with E-state index in [2.05, 4.69) is 52.2 Å². The zero-order chi connectivity index (χ0) is 24.5. The van der Waals surface area contributed by atoms with Gasteiger partial charge in [-0.05, 0) is 56.1 Å². The first-order chi connectivity index (χ1) is 17.6. The van der Waals surface area contributed by atoms with Gasteiger partial charge in [0.05, 0.1) is 19.3 Å². The van der Waals surface area contributed by atoms with E-state index in [0.29, 0.717) is 12.1 Å². The van der Waals surface area contributed by atoms with E-state index in [-0.39, 0.29) is 6.10 Å². The van der Waals surface area contributed by atoms with Gasteiger partial charge in [0.25, 0.3) is 0 Å². The van der Waals surface area contributed by atoms with E-state index >= 15 is 0 Å². The van der Waals surface area contributed by atoms with Crippen LogP contribution in [0.4, 0.5) is 5.95 Å². The maximum absolute atomic E-state index is 10.1. The zero-order valence-electron chi connectivity index (χ0n) is 21.4. The van der Waals surface area contributed by atoms with Crippen molar-refractivity contribution in [1.29, 1.82) is 0 Å². The van der Waals surface area contributed by atoms with Gasteiger partial charge in [-0.1, -0.05) is 37.1 Å². The van der Waals surface area contributed by atoms with Gasteiger partial charge in [0.2, 0.25) is 5.95 Å². The summed E-state index contributed by atoms with van der Waals surface area (Å²) in [4.78, 5) is 12.2. The molecule has 2 N–H and O–H groups in total. The van der Waals surface area contributed by atoms with E-state index < -0.39 is 0 Å². The number of hydrogen-bond donors (Lipinski definition) is 2. The summed E-state index contributed by atoms with van der Waals surface area (Å²) in [5.41, 5.74) is 4.72. The quantitative estimate of drug-likeness (QED) is 0.463. The normalized spacial score (nSPS) is 24.2. The van der Waals surface area contributed by atoms with Crippen LogP contribution in [0.1, 0.15) is 63.5 Å². The molecule has 192 valence electrons. The molecule has 7 nitrogen and oxygen atoms in total. The van der Waals surface area contributed by atoms with Crippen molar-refractivity contribution in [2.45, 2.75) is 76.6 Å². The Morgan fingerprint density at radius 2 is 1.81 bits per heavy atom. The minimum atomic E-state index is -0.170. The van der Waals surface area contributed by atoms with Crippen molar-refractivity contribution in [2.75, 3.05) is 31.6 Å². The molecule has 0 unspecified atom stereocenters. The first-order valence-corrected chi connectivity index (χ1v) is 13.8. The topological polar surface area (TPSA) is 75.4 Å². The molecule has 0 radical (unpaired) electrons. The van der Waals surface area contributed by atoms with Crippen LogP contribution in [0, 0.1) is 5.92 Å². The molecule has 2 aromatic heterocycles. The molecule has 0 spiro atoms. The number of rotatable bonds is 8. The molecular weight excluding hydrogens is 450 g/mol. The van der Waals surface area contributed by atoms with Crippen molar-refractivity contribution in [3.63, 3.8) is 0 Å². The fourth-order valence-corrected chi connectivity index (χ4v) is 5.88. The number of ether oxygens (including phenoxy) is 1. The van der Waals surface area contributed by atoms with Gasteiger partial charge >= 0.3 is 0 Å². The lowest BCUT2D eigenvalue weighted by molar-refractivity contribution is 0.0342. The Balaban J connectivity index is 1.28. The van der Waals surface area contributed by atoms with Gasteiger partial charge < -0.3 is 19.7 Å². The van der Waals surface area contributed by atoms with E-state index in [1.54, 1.807) is 0 Å². The van der Waals surface area contributed by atoms with Crippen LogP contribution < -0.4 is 5.32 Å². The molecule has 36 heavy (non-hydrogen) atoms. The minimum absolute atomic E-state index is 0.170. The van der Waals surface area contributed by atoms with Crippen molar-refractivity contribution >= 4 is 17.0 Å². The highest BCUT2D eigenvalue weighted by atomic mass is 16.5. The molecule has 1 aromatic carbocycles. The van der Waals surface area contributed by atoms with Crippen LogP contribution >= 0.6 is 0 Å². The first kappa shape index (κ1) is 23.9. The molecule has 1 saturated heterocycles. The lowest BCUT2D eigenvalue weighted by Crippen LogP contribution is -2.35. The van der Waals surface area contributed by atoms with E-state index in [0.717, 1.165) is 81.4 Å². The molecular formula is C29H39N5O2. The van der Waals surface area contributed by atoms with Crippen LogP contribution in [0.15, 0.2) is 36.7 Å². The fourth-order valence-electron chi connectivity index (χ4n) is 5.88. The monoisotopic (exact) mass is 489 g/mol. The maximum atomic E-state index is 10.1. The lowest BCUT2D eigenvalue weighted by Gasteiger charge is -2.27. The Labute approximate surface area is 213 Å². The van der Waals surface area contributed by atoms with Crippen LogP contribution in [0.5, 0.6) is 0 Å². The van der Waals surface area contributed by atoms with Gasteiger partial charge in [-0.15, -0.1) is 0 Å². The Hall–Kier alpha value is -2.48. The van der Waals surface area contributed by atoms with Crippen molar-refractivity contribution in [1.82, 2.24) is 19.4 Å². The van der Waals surface area contributed by atoms with Crippen LogP contribution in [0.25, 0.3) is 22.2 Å². The molecule has 2 aliphatic carbocycles. The summed E-state index contributed by atoms with van der Waals surface area (Å²) >= 11 is 0. The number of benzene rings is 1. The van der Waals surface area contributed by atoms with Crippen LogP contribution in [0.2, 0.25) is 0 Å². The Bertz CT molecular complexity index is 1160. The predicted octanol–water partition coefficient (Wildman–Crippen LogP) is 5.01. The Kier molecular flexibility index (Phi) is 6.96. The molecule has 1 atom stereocenters. The third-order valence-corrected chi connectivity index (χ3v) is 8.17. The lowest BCUT2D eigenvalue weighted by atomic mass is 9.93. The van der Waals surface area contributed by atoms with Gasteiger partial charge in [-0.25, -0.2) is 4.98 Å². The Morgan fingerprint density at radius 1 is 1.06 bits per heavy atom. The molecule has 3 aromatic rings. The molecule has 3 aliphatic rings. The van der Waals surface area contributed by atoms with Crippen molar-refractivity contribution in [3.05, 3.63) is 42.2 Å². The van der Waals surface area contributed by atoms with Crippen LogP contribution in [-0.2, 0) is 11.3 Å². The van der Waals surface area contributed by atoms with Crippen molar-refractivity contribution in [2.24, 2.45) is 5.92 Å². The first-order valence-electron chi connectivity index (χ1n) is 13.8. The highest BCUT2D eigenvalue weighted by Gasteiger charge is 2.26. The predicted molar refractivity (Wildman–Crippen MR) is 143 cm³/mol. The van der Waals surface area contributed by atoms with E-state index in [9.17, 15) is 5.11 Å². The molecule has 6 rings (SSSR count). The van der Waals surface area contributed by atoms with Gasteiger partial charge in [0.15, 0.2) is 0 Å². The smallest absolute Gasteiger partial charge is 0.224 e. The number of aliphatic hydroxyl groups excluding tert-OH is 1. The molecule has 7 heteroatoms. The minimum Gasteiger partial charge on any atom is -0.393 e. The number of aromatic nitrogens is 3. The highest BCUT2D eigenvalue weighted by Crippen LogP contribution is 2.37. The van der Waals surface area contributed by atoms with Crippen LogP contribution in [-0.4, -0.2) is 63.0 Å². The number of nitrogens with one attached hydrogen (secondary N) is 1. The number of anilines is 1. The molecule has 3 fully saturated rings. The second kappa shape index (κ2) is 10.5. The number of hydrogen-bond acceptors (Lipinski definition) is 6. The third-order valence-electron chi connectivity index (χ3n) is 8.17. The van der Waals surface area contributed by atoms with E-state index in [4.69, 9.17) is 14.7 Å². The second-order valence-electron chi connectivity index (χ2n) is 11.2. The van der Waals surface area contributed by atoms with Gasteiger partial charge in [0, 0.05) is 55.1 Å². The van der Waals surface area contributed by atoms with Crippen molar-refractivity contribution in [3.8, 4) is 11.1 Å². The summed E-state index contributed by atoms with van der Waals surface area (Å²) in [6.07, 6.45) is 11.7. The number of aliphatic hydroxyl groups is 1.